The van der Waals surface area contributed by atoms with Crippen molar-refractivity contribution in [3.8, 4) is 11.5 Å². The Balaban J connectivity index is 1.33. The molecule has 0 aromatic heterocycles. The molecule has 2 heterocycles. The first-order valence-electron chi connectivity index (χ1n) is 11.0. The number of hydrogen-bond acceptors (Lipinski definition) is 6. The van der Waals surface area contributed by atoms with Gasteiger partial charge < -0.3 is 14.4 Å². The lowest BCUT2D eigenvalue weighted by Gasteiger charge is -2.27. The first-order chi connectivity index (χ1) is 16.1. The van der Waals surface area contributed by atoms with Crippen LogP contribution in [0.2, 0.25) is 0 Å². The van der Waals surface area contributed by atoms with Crippen molar-refractivity contribution >= 4 is 34.9 Å². The summed E-state index contributed by atoms with van der Waals surface area (Å²) in [6.07, 6.45) is 4.69. The number of nitrogens with zero attached hydrogens (tertiary/aromatic N) is 2. The number of likely N-dealkylation sites (tertiary alicyclic amines) is 1. The Hall–Kier alpha value is -3.26. The highest BCUT2D eigenvalue weighted by molar-refractivity contribution is 8.18. The van der Waals surface area contributed by atoms with Gasteiger partial charge in [0.05, 0.1) is 4.91 Å². The van der Waals surface area contributed by atoms with Crippen LogP contribution in [0.4, 0.5) is 4.79 Å². The highest BCUT2D eigenvalue weighted by Gasteiger charge is 2.37. The van der Waals surface area contributed by atoms with Crippen LogP contribution in [0.3, 0.4) is 0 Å². The molecule has 0 aliphatic carbocycles. The van der Waals surface area contributed by atoms with Crippen LogP contribution in [0.1, 0.15) is 24.8 Å². The molecule has 0 unspecified atom stereocenters. The number of carbonyl (C=O) groups excluding carboxylic acids is 3. The standard InChI is InChI=1S/C25H26N2O5S/c28-23(26-12-5-2-6-13-26)18-27-24(29)22(33-25(27)30)17-19-8-7-11-21(16-19)32-15-14-31-20-9-3-1-4-10-20/h1,3-4,7-11,16-17H,2,5-6,12-15,18H2/b22-17-. The Morgan fingerprint density at radius 2 is 1.61 bits per heavy atom. The zero-order chi connectivity index (χ0) is 23.0. The maximum absolute atomic E-state index is 12.8. The van der Waals surface area contributed by atoms with E-state index in [9.17, 15) is 14.4 Å². The molecule has 33 heavy (non-hydrogen) atoms. The van der Waals surface area contributed by atoms with Crippen molar-refractivity contribution in [2.45, 2.75) is 19.3 Å². The molecular formula is C25H26N2O5S. The van der Waals surface area contributed by atoms with Crippen LogP contribution in [0.15, 0.2) is 59.5 Å². The Bertz CT molecular complexity index is 1030. The van der Waals surface area contributed by atoms with Gasteiger partial charge in [0.2, 0.25) is 5.91 Å². The van der Waals surface area contributed by atoms with Crippen molar-refractivity contribution in [1.29, 1.82) is 0 Å². The van der Waals surface area contributed by atoms with Crippen LogP contribution in [-0.2, 0) is 9.59 Å². The van der Waals surface area contributed by atoms with Crippen LogP contribution in [0.5, 0.6) is 11.5 Å². The molecule has 3 amide bonds. The quantitative estimate of drug-likeness (QED) is 0.429. The molecule has 0 radical (unpaired) electrons. The van der Waals surface area contributed by atoms with Crippen molar-refractivity contribution < 1.29 is 23.9 Å². The molecule has 2 aromatic rings. The van der Waals surface area contributed by atoms with Gasteiger partial charge in [0.15, 0.2) is 0 Å². The maximum Gasteiger partial charge on any atom is 0.294 e. The fourth-order valence-corrected chi connectivity index (χ4v) is 4.53. The van der Waals surface area contributed by atoms with Crippen molar-refractivity contribution in [1.82, 2.24) is 9.80 Å². The SMILES string of the molecule is O=C(CN1C(=O)S/C(=C\c2cccc(OCCOc3ccccc3)c2)C1=O)N1CCCCC1. The summed E-state index contributed by atoms with van der Waals surface area (Å²) in [6.45, 7) is 1.94. The molecule has 0 atom stereocenters. The number of para-hydroxylation sites is 1. The molecule has 0 N–H and O–H groups in total. The summed E-state index contributed by atoms with van der Waals surface area (Å²) in [5, 5.41) is -0.415. The van der Waals surface area contributed by atoms with E-state index in [1.54, 1.807) is 17.0 Å². The molecule has 172 valence electrons. The monoisotopic (exact) mass is 466 g/mol. The predicted octanol–water partition coefficient (Wildman–Crippen LogP) is 4.19. The number of ether oxygens (including phenoxy) is 2. The number of imide groups is 1. The Labute approximate surface area is 197 Å². The Morgan fingerprint density at radius 1 is 0.909 bits per heavy atom. The minimum Gasteiger partial charge on any atom is -0.490 e. The van der Waals surface area contributed by atoms with Gasteiger partial charge in [0, 0.05) is 13.1 Å². The van der Waals surface area contributed by atoms with E-state index in [-0.39, 0.29) is 12.5 Å². The molecule has 2 aliphatic rings. The topological polar surface area (TPSA) is 76.1 Å². The average Bonchev–Trinajstić information content (AvgIpc) is 3.10. The van der Waals surface area contributed by atoms with E-state index in [2.05, 4.69) is 0 Å². The molecule has 7 nitrogen and oxygen atoms in total. The van der Waals surface area contributed by atoms with Crippen LogP contribution < -0.4 is 9.47 Å². The molecule has 2 aliphatic heterocycles. The minimum atomic E-state index is -0.432. The van der Waals surface area contributed by atoms with Crippen LogP contribution in [0.25, 0.3) is 6.08 Å². The summed E-state index contributed by atoms with van der Waals surface area (Å²) >= 11 is 0.857. The largest absolute Gasteiger partial charge is 0.490 e. The summed E-state index contributed by atoms with van der Waals surface area (Å²) in [7, 11) is 0. The van der Waals surface area contributed by atoms with Crippen LogP contribution in [0, 0.1) is 0 Å². The average molecular weight is 467 g/mol. The number of benzene rings is 2. The van der Waals surface area contributed by atoms with E-state index in [0.717, 1.165) is 47.2 Å². The van der Waals surface area contributed by atoms with Crippen LogP contribution >= 0.6 is 11.8 Å². The second kappa shape index (κ2) is 11.0. The van der Waals surface area contributed by atoms with Gasteiger partial charge >= 0.3 is 0 Å². The lowest BCUT2D eigenvalue weighted by Crippen LogP contribution is -2.44. The van der Waals surface area contributed by atoms with E-state index in [1.807, 2.05) is 48.5 Å². The highest BCUT2D eigenvalue weighted by Crippen LogP contribution is 2.32. The number of piperidine rings is 1. The van der Waals surface area contributed by atoms with E-state index >= 15 is 0 Å². The number of hydrogen-bond donors (Lipinski definition) is 0. The van der Waals surface area contributed by atoms with Crippen molar-refractivity contribution in [2.24, 2.45) is 0 Å². The fourth-order valence-electron chi connectivity index (χ4n) is 3.70. The van der Waals surface area contributed by atoms with Gasteiger partial charge in [-0.1, -0.05) is 30.3 Å². The molecule has 4 rings (SSSR count). The molecule has 2 aromatic carbocycles. The number of carbonyl (C=O) groups is 3. The van der Waals surface area contributed by atoms with E-state index in [1.165, 1.54) is 0 Å². The van der Waals surface area contributed by atoms with Crippen LogP contribution in [-0.4, -0.2) is 59.7 Å². The number of thioether (sulfide) groups is 1. The van der Waals surface area contributed by atoms with Gasteiger partial charge in [-0.25, -0.2) is 0 Å². The minimum absolute atomic E-state index is 0.175. The predicted molar refractivity (Wildman–Crippen MR) is 127 cm³/mol. The van der Waals surface area contributed by atoms with Gasteiger partial charge in [-0.05, 0) is 66.9 Å². The Kier molecular flexibility index (Phi) is 7.67. The second-order valence-electron chi connectivity index (χ2n) is 7.79. The number of rotatable bonds is 8. The zero-order valence-corrected chi connectivity index (χ0v) is 19.1. The molecule has 0 spiro atoms. The van der Waals surface area contributed by atoms with Gasteiger partial charge in [0.1, 0.15) is 31.3 Å². The Morgan fingerprint density at radius 3 is 2.36 bits per heavy atom. The maximum atomic E-state index is 12.8. The van der Waals surface area contributed by atoms with E-state index in [0.29, 0.717) is 37.0 Å². The van der Waals surface area contributed by atoms with E-state index in [4.69, 9.17) is 9.47 Å². The number of amides is 3. The van der Waals surface area contributed by atoms with Gasteiger partial charge in [-0.15, -0.1) is 0 Å². The van der Waals surface area contributed by atoms with Crippen molar-refractivity contribution in [2.75, 3.05) is 32.8 Å². The van der Waals surface area contributed by atoms with Gasteiger partial charge in [-0.2, -0.15) is 0 Å². The smallest absolute Gasteiger partial charge is 0.294 e. The summed E-state index contributed by atoms with van der Waals surface area (Å²) in [6, 6.07) is 16.8. The fraction of sp³-hybridized carbons (Fsp3) is 0.320. The second-order valence-corrected chi connectivity index (χ2v) is 8.78. The third-order valence-electron chi connectivity index (χ3n) is 5.40. The van der Waals surface area contributed by atoms with Gasteiger partial charge in [0.25, 0.3) is 11.1 Å². The lowest BCUT2D eigenvalue weighted by molar-refractivity contribution is -0.136. The van der Waals surface area contributed by atoms with E-state index < -0.39 is 11.1 Å². The normalized spacial score (nSPS) is 17.5. The summed E-state index contributed by atoms with van der Waals surface area (Å²) in [4.78, 5) is 40.7. The summed E-state index contributed by atoms with van der Waals surface area (Å²) in [5.74, 6) is 0.813. The first kappa shape index (κ1) is 22.9. The van der Waals surface area contributed by atoms with Gasteiger partial charge in [-0.3, -0.25) is 19.3 Å². The third-order valence-corrected chi connectivity index (χ3v) is 6.30. The lowest BCUT2D eigenvalue weighted by atomic mass is 10.1. The zero-order valence-electron chi connectivity index (χ0n) is 18.3. The molecular weight excluding hydrogens is 440 g/mol. The molecule has 2 fully saturated rings. The molecule has 0 saturated carbocycles. The van der Waals surface area contributed by atoms with Crippen molar-refractivity contribution in [3.05, 3.63) is 65.1 Å². The molecule has 0 bridgehead atoms. The van der Waals surface area contributed by atoms with Crippen molar-refractivity contribution in [3.63, 3.8) is 0 Å². The third kappa shape index (κ3) is 6.16. The summed E-state index contributed by atoms with van der Waals surface area (Å²) in [5.41, 5.74) is 0.740. The summed E-state index contributed by atoms with van der Waals surface area (Å²) < 4.78 is 11.4. The highest BCUT2D eigenvalue weighted by atomic mass is 32.2. The first-order valence-corrected chi connectivity index (χ1v) is 11.9. The molecule has 2 saturated heterocycles. The molecule has 8 heteroatoms.